The summed E-state index contributed by atoms with van der Waals surface area (Å²) in [6.07, 6.45) is 2.69. The van der Waals surface area contributed by atoms with E-state index in [0.717, 1.165) is 11.3 Å². The summed E-state index contributed by atoms with van der Waals surface area (Å²) in [6, 6.07) is 5.59. The van der Waals surface area contributed by atoms with Gasteiger partial charge in [-0.05, 0) is 23.8 Å². The van der Waals surface area contributed by atoms with Crippen molar-refractivity contribution >= 4 is 23.2 Å². The van der Waals surface area contributed by atoms with Crippen molar-refractivity contribution in [3.05, 3.63) is 47.1 Å². The monoisotopic (exact) mass is 276 g/mol. The Balaban J connectivity index is 2.06. The molecule has 0 saturated carbocycles. The number of rotatable bonds is 1. The van der Waals surface area contributed by atoms with Gasteiger partial charge >= 0.3 is 0 Å². The van der Waals surface area contributed by atoms with Gasteiger partial charge in [0, 0.05) is 22.7 Å². The molecule has 0 spiro atoms. The van der Waals surface area contributed by atoms with Crippen LogP contribution in [-0.4, -0.2) is 17.4 Å². The normalized spacial score (nSPS) is 16.5. The number of carbonyl (C=O) groups is 1. The molecule has 5 heteroatoms. The lowest BCUT2D eigenvalue weighted by Gasteiger charge is -2.19. The van der Waals surface area contributed by atoms with Crippen molar-refractivity contribution in [3.63, 3.8) is 0 Å². The Hall–Kier alpha value is -1.81. The molecule has 2 heterocycles. The third-order valence-corrected chi connectivity index (χ3v) is 3.66. The second kappa shape index (κ2) is 4.10. The molecule has 1 aromatic carbocycles. The van der Waals surface area contributed by atoms with Gasteiger partial charge in [-0.1, -0.05) is 25.4 Å². The highest BCUT2D eigenvalue weighted by Crippen LogP contribution is 2.42. The van der Waals surface area contributed by atoms with E-state index in [2.05, 4.69) is 18.8 Å². The van der Waals surface area contributed by atoms with E-state index in [0.29, 0.717) is 11.6 Å². The first-order valence-corrected chi connectivity index (χ1v) is 6.37. The average molecular weight is 277 g/mol. The number of halogens is 1. The molecule has 0 unspecified atom stereocenters. The van der Waals surface area contributed by atoms with E-state index in [4.69, 9.17) is 16.0 Å². The number of anilines is 1. The zero-order valence-electron chi connectivity index (χ0n) is 10.7. The molecule has 3 rings (SSSR count). The number of fused-ring (bicyclic) bond motifs is 1. The lowest BCUT2D eigenvalue weighted by atomic mass is 9.87. The number of amides is 1. The van der Waals surface area contributed by atoms with E-state index >= 15 is 0 Å². The summed E-state index contributed by atoms with van der Waals surface area (Å²) in [5.41, 5.74) is 1.83. The Kier molecular flexibility index (Phi) is 2.64. The molecule has 0 fully saturated rings. The summed E-state index contributed by atoms with van der Waals surface area (Å²) in [5.74, 6) is 0.0743. The standard InChI is InChI=1S/C14H13ClN2O2/c1-14(2)7-17(13(18)12-6-16-8-19-12)11-4-3-9(15)5-10(11)14/h3-6,8H,7H2,1-2H3. The predicted octanol–water partition coefficient (Wildman–Crippen LogP) is 3.27. The van der Waals surface area contributed by atoms with Crippen molar-refractivity contribution < 1.29 is 9.21 Å². The minimum absolute atomic E-state index is 0.129. The SMILES string of the molecule is CC1(C)CN(C(=O)c2cnco2)c2ccc(Cl)cc21. The molecule has 0 saturated heterocycles. The van der Waals surface area contributed by atoms with Gasteiger partial charge < -0.3 is 9.32 Å². The minimum Gasteiger partial charge on any atom is -0.438 e. The molecule has 1 aliphatic rings. The van der Waals surface area contributed by atoms with E-state index in [-0.39, 0.29) is 17.1 Å². The largest absolute Gasteiger partial charge is 0.438 e. The number of hydrogen-bond donors (Lipinski definition) is 0. The number of hydrogen-bond acceptors (Lipinski definition) is 3. The first kappa shape index (κ1) is 12.2. The average Bonchev–Trinajstić information content (AvgIpc) is 2.96. The Morgan fingerprint density at radius 1 is 1.47 bits per heavy atom. The smallest absolute Gasteiger partial charge is 0.295 e. The molecular weight excluding hydrogens is 264 g/mol. The van der Waals surface area contributed by atoms with Gasteiger partial charge in [-0.2, -0.15) is 0 Å². The third kappa shape index (κ3) is 1.92. The highest BCUT2D eigenvalue weighted by atomic mass is 35.5. The van der Waals surface area contributed by atoms with Crippen LogP contribution in [0.15, 0.2) is 35.2 Å². The van der Waals surface area contributed by atoms with E-state index in [9.17, 15) is 4.79 Å². The Morgan fingerprint density at radius 2 is 2.26 bits per heavy atom. The second-order valence-electron chi connectivity index (χ2n) is 5.30. The Morgan fingerprint density at radius 3 is 2.95 bits per heavy atom. The van der Waals surface area contributed by atoms with Crippen LogP contribution in [0.5, 0.6) is 0 Å². The molecule has 19 heavy (non-hydrogen) atoms. The van der Waals surface area contributed by atoms with Crippen LogP contribution in [0, 0.1) is 0 Å². The highest BCUT2D eigenvalue weighted by molar-refractivity contribution is 6.30. The van der Waals surface area contributed by atoms with Crippen molar-refractivity contribution in [2.45, 2.75) is 19.3 Å². The van der Waals surface area contributed by atoms with Gasteiger partial charge in [0.05, 0.1) is 6.20 Å². The summed E-state index contributed by atoms with van der Waals surface area (Å²) in [6.45, 7) is 4.79. The fourth-order valence-electron chi connectivity index (χ4n) is 2.49. The van der Waals surface area contributed by atoms with E-state index in [1.165, 1.54) is 12.6 Å². The molecule has 4 nitrogen and oxygen atoms in total. The summed E-state index contributed by atoms with van der Waals surface area (Å²) in [5, 5.41) is 0.681. The van der Waals surface area contributed by atoms with Crippen LogP contribution in [-0.2, 0) is 5.41 Å². The lowest BCUT2D eigenvalue weighted by Crippen LogP contribution is -2.33. The van der Waals surface area contributed by atoms with Crippen LogP contribution >= 0.6 is 11.6 Å². The summed E-state index contributed by atoms with van der Waals surface area (Å²) in [7, 11) is 0. The van der Waals surface area contributed by atoms with Gasteiger partial charge in [0.15, 0.2) is 6.39 Å². The number of oxazole rings is 1. The van der Waals surface area contributed by atoms with Crippen molar-refractivity contribution in [2.24, 2.45) is 0 Å². The fourth-order valence-corrected chi connectivity index (χ4v) is 2.66. The van der Waals surface area contributed by atoms with E-state index < -0.39 is 0 Å². The van der Waals surface area contributed by atoms with Gasteiger partial charge in [0.2, 0.25) is 5.76 Å². The number of benzene rings is 1. The molecule has 1 amide bonds. The molecule has 1 aromatic heterocycles. The molecule has 0 N–H and O–H groups in total. The second-order valence-corrected chi connectivity index (χ2v) is 5.74. The highest BCUT2D eigenvalue weighted by Gasteiger charge is 2.39. The first-order chi connectivity index (χ1) is 8.99. The topological polar surface area (TPSA) is 46.3 Å². The maximum absolute atomic E-state index is 12.4. The molecule has 0 atom stereocenters. The van der Waals surface area contributed by atoms with Crippen molar-refractivity contribution in [3.8, 4) is 0 Å². The van der Waals surface area contributed by atoms with Crippen LogP contribution in [0.2, 0.25) is 5.02 Å². The minimum atomic E-state index is -0.174. The van der Waals surface area contributed by atoms with Crippen molar-refractivity contribution in [1.82, 2.24) is 4.98 Å². The zero-order valence-corrected chi connectivity index (χ0v) is 11.4. The molecule has 2 aromatic rings. The quantitative estimate of drug-likeness (QED) is 0.803. The summed E-state index contributed by atoms with van der Waals surface area (Å²) >= 11 is 6.05. The van der Waals surface area contributed by atoms with Gasteiger partial charge in [-0.3, -0.25) is 4.79 Å². The van der Waals surface area contributed by atoms with Crippen molar-refractivity contribution in [2.75, 3.05) is 11.4 Å². The zero-order chi connectivity index (χ0) is 13.6. The van der Waals surface area contributed by atoms with Gasteiger partial charge in [-0.15, -0.1) is 0 Å². The first-order valence-electron chi connectivity index (χ1n) is 5.99. The number of carbonyl (C=O) groups excluding carboxylic acids is 1. The van der Waals surface area contributed by atoms with Crippen LogP contribution in [0.4, 0.5) is 5.69 Å². The van der Waals surface area contributed by atoms with Crippen molar-refractivity contribution in [1.29, 1.82) is 0 Å². The summed E-state index contributed by atoms with van der Waals surface area (Å²) < 4.78 is 5.09. The third-order valence-electron chi connectivity index (χ3n) is 3.42. The molecule has 98 valence electrons. The van der Waals surface area contributed by atoms with E-state index in [1.54, 1.807) is 11.0 Å². The predicted molar refractivity (Wildman–Crippen MR) is 72.7 cm³/mol. The van der Waals surface area contributed by atoms with Crippen LogP contribution in [0.3, 0.4) is 0 Å². The van der Waals surface area contributed by atoms with Gasteiger partial charge in [0.25, 0.3) is 5.91 Å². The number of aromatic nitrogens is 1. The lowest BCUT2D eigenvalue weighted by molar-refractivity contribution is 0.0959. The fraction of sp³-hybridized carbons (Fsp3) is 0.286. The van der Waals surface area contributed by atoms with E-state index in [1.807, 2.05) is 12.1 Å². The van der Waals surface area contributed by atoms with Crippen LogP contribution in [0.25, 0.3) is 0 Å². The van der Waals surface area contributed by atoms with Crippen LogP contribution < -0.4 is 4.90 Å². The Labute approximate surface area is 116 Å². The van der Waals surface area contributed by atoms with Crippen LogP contribution in [0.1, 0.15) is 30.0 Å². The molecule has 0 aliphatic carbocycles. The molecular formula is C14H13ClN2O2. The maximum Gasteiger partial charge on any atom is 0.295 e. The molecule has 0 bridgehead atoms. The summed E-state index contributed by atoms with van der Waals surface area (Å²) in [4.78, 5) is 17.9. The number of nitrogens with zero attached hydrogens (tertiary/aromatic N) is 2. The maximum atomic E-state index is 12.4. The van der Waals surface area contributed by atoms with Gasteiger partial charge in [0.1, 0.15) is 0 Å². The molecule has 0 radical (unpaired) electrons. The Bertz CT molecular complexity index is 635. The van der Waals surface area contributed by atoms with Gasteiger partial charge in [-0.25, -0.2) is 4.98 Å². The molecule has 1 aliphatic heterocycles.